The Morgan fingerprint density at radius 1 is 1.22 bits per heavy atom. The molecule has 0 aliphatic carbocycles. The molecular weight excluding hydrogens is 242 g/mol. The topological polar surface area (TPSA) is 30.7 Å². The number of nitrogens with zero attached hydrogens (tertiary/aromatic N) is 3. The Balaban J connectivity index is 1.84. The van der Waals surface area contributed by atoms with E-state index in [0.29, 0.717) is 0 Å². The molecule has 0 spiro atoms. The summed E-state index contributed by atoms with van der Waals surface area (Å²) < 4.78 is 2.10. The van der Waals surface area contributed by atoms with Gasteiger partial charge >= 0.3 is 0 Å². The van der Waals surface area contributed by atoms with E-state index in [1.165, 1.54) is 5.56 Å². The van der Waals surface area contributed by atoms with E-state index < -0.39 is 0 Å². The van der Waals surface area contributed by atoms with Gasteiger partial charge in [-0.25, -0.2) is 9.97 Å². The minimum absolute atomic E-state index is 0.787. The van der Waals surface area contributed by atoms with Crippen molar-refractivity contribution in [3.8, 4) is 10.6 Å². The molecule has 1 aromatic carbocycles. The predicted octanol–water partition coefficient (Wildman–Crippen LogP) is 3.36. The van der Waals surface area contributed by atoms with Crippen LogP contribution in [0.25, 0.3) is 10.6 Å². The number of benzene rings is 1. The maximum atomic E-state index is 4.67. The van der Waals surface area contributed by atoms with Crippen molar-refractivity contribution in [2.45, 2.75) is 13.5 Å². The number of hydrogen-bond acceptors (Lipinski definition) is 3. The van der Waals surface area contributed by atoms with E-state index in [1.807, 2.05) is 37.5 Å². The fraction of sp³-hybridized carbons (Fsp3) is 0.143. The lowest BCUT2D eigenvalue weighted by Gasteiger charge is -2.01. The summed E-state index contributed by atoms with van der Waals surface area (Å²) >= 11 is 1.69. The Kier molecular flexibility index (Phi) is 2.94. The summed E-state index contributed by atoms with van der Waals surface area (Å²) in [4.78, 5) is 8.88. The lowest BCUT2D eigenvalue weighted by atomic mass is 10.2. The molecule has 90 valence electrons. The van der Waals surface area contributed by atoms with Crippen LogP contribution in [-0.4, -0.2) is 14.5 Å². The van der Waals surface area contributed by atoms with Crippen LogP contribution in [0, 0.1) is 6.92 Å². The largest absolute Gasteiger partial charge is 0.329 e. The maximum Gasteiger partial charge on any atom is 0.123 e. The molecule has 2 aromatic heterocycles. The standard InChI is InChI=1S/C14H13N3S/c1-11-15-7-8-17(11)9-13-10-18-14(16-13)12-5-3-2-4-6-12/h2-8,10H,9H2,1H3. The number of aromatic nitrogens is 3. The monoisotopic (exact) mass is 255 g/mol. The zero-order valence-electron chi connectivity index (χ0n) is 10.1. The summed E-state index contributed by atoms with van der Waals surface area (Å²) in [7, 11) is 0. The quantitative estimate of drug-likeness (QED) is 0.718. The van der Waals surface area contributed by atoms with Crippen molar-refractivity contribution >= 4 is 11.3 Å². The van der Waals surface area contributed by atoms with Crippen LogP contribution >= 0.6 is 11.3 Å². The minimum atomic E-state index is 0.787. The molecule has 0 fully saturated rings. The van der Waals surface area contributed by atoms with E-state index in [9.17, 15) is 0 Å². The van der Waals surface area contributed by atoms with Crippen LogP contribution in [0.15, 0.2) is 48.1 Å². The number of thiazole rings is 1. The minimum Gasteiger partial charge on any atom is -0.329 e. The second kappa shape index (κ2) is 4.74. The van der Waals surface area contributed by atoms with Gasteiger partial charge in [0, 0.05) is 23.3 Å². The first kappa shape index (κ1) is 11.2. The first-order chi connectivity index (χ1) is 8.83. The molecule has 3 nitrogen and oxygen atoms in total. The number of hydrogen-bond donors (Lipinski definition) is 0. The molecule has 3 rings (SSSR count). The van der Waals surface area contributed by atoms with Crippen LogP contribution in [0.1, 0.15) is 11.5 Å². The molecule has 0 radical (unpaired) electrons. The van der Waals surface area contributed by atoms with Gasteiger partial charge in [-0.3, -0.25) is 0 Å². The van der Waals surface area contributed by atoms with Gasteiger partial charge in [0.05, 0.1) is 12.2 Å². The average Bonchev–Trinajstić information content (AvgIpc) is 3.02. The predicted molar refractivity (Wildman–Crippen MR) is 73.6 cm³/mol. The van der Waals surface area contributed by atoms with Gasteiger partial charge in [-0.2, -0.15) is 0 Å². The number of imidazole rings is 1. The molecule has 18 heavy (non-hydrogen) atoms. The molecule has 0 aliphatic rings. The van der Waals surface area contributed by atoms with Crippen molar-refractivity contribution in [1.29, 1.82) is 0 Å². The van der Waals surface area contributed by atoms with Crippen molar-refractivity contribution in [3.05, 3.63) is 59.6 Å². The summed E-state index contributed by atoms with van der Waals surface area (Å²) in [6.07, 6.45) is 3.80. The molecule has 0 amide bonds. The molecule has 0 saturated heterocycles. The van der Waals surface area contributed by atoms with Crippen LogP contribution in [0.2, 0.25) is 0 Å². The molecule has 0 atom stereocenters. The lowest BCUT2D eigenvalue weighted by Crippen LogP contribution is -2.00. The van der Waals surface area contributed by atoms with Gasteiger partial charge in [0.2, 0.25) is 0 Å². The average molecular weight is 255 g/mol. The van der Waals surface area contributed by atoms with E-state index in [2.05, 4.69) is 32.0 Å². The Labute approximate surface area is 110 Å². The molecule has 0 saturated carbocycles. The van der Waals surface area contributed by atoms with Crippen LogP contribution in [0.5, 0.6) is 0 Å². The van der Waals surface area contributed by atoms with Gasteiger partial charge in [0.15, 0.2) is 0 Å². The fourth-order valence-electron chi connectivity index (χ4n) is 1.84. The summed E-state index contributed by atoms with van der Waals surface area (Å²) in [6, 6.07) is 10.3. The maximum absolute atomic E-state index is 4.67. The molecular formula is C14H13N3S. The smallest absolute Gasteiger partial charge is 0.123 e. The molecule has 0 unspecified atom stereocenters. The highest BCUT2D eigenvalue weighted by molar-refractivity contribution is 7.13. The number of rotatable bonds is 3. The zero-order valence-corrected chi connectivity index (χ0v) is 10.9. The third-order valence-corrected chi connectivity index (χ3v) is 3.77. The van der Waals surface area contributed by atoms with E-state index in [-0.39, 0.29) is 0 Å². The van der Waals surface area contributed by atoms with E-state index in [1.54, 1.807) is 11.3 Å². The highest BCUT2D eigenvalue weighted by atomic mass is 32.1. The first-order valence-corrected chi connectivity index (χ1v) is 6.68. The summed E-state index contributed by atoms with van der Waals surface area (Å²) in [5, 5.41) is 3.19. The number of aryl methyl sites for hydroxylation is 1. The van der Waals surface area contributed by atoms with Crippen molar-refractivity contribution in [2.24, 2.45) is 0 Å². The van der Waals surface area contributed by atoms with Gasteiger partial charge in [-0.1, -0.05) is 30.3 Å². The highest BCUT2D eigenvalue weighted by Crippen LogP contribution is 2.23. The second-order valence-electron chi connectivity index (χ2n) is 4.11. The molecule has 3 aromatic rings. The molecule has 0 aliphatic heterocycles. The van der Waals surface area contributed by atoms with Crippen molar-refractivity contribution < 1.29 is 0 Å². The Morgan fingerprint density at radius 3 is 2.78 bits per heavy atom. The van der Waals surface area contributed by atoms with Gasteiger partial charge in [-0.15, -0.1) is 11.3 Å². The van der Waals surface area contributed by atoms with Gasteiger partial charge in [0.25, 0.3) is 0 Å². The van der Waals surface area contributed by atoms with Crippen LogP contribution in [0.4, 0.5) is 0 Å². The lowest BCUT2D eigenvalue weighted by molar-refractivity contribution is 0.747. The van der Waals surface area contributed by atoms with Crippen molar-refractivity contribution in [1.82, 2.24) is 14.5 Å². The van der Waals surface area contributed by atoms with Gasteiger partial charge in [-0.05, 0) is 6.92 Å². The highest BCUT2D eigenvalue weighted by Gasteiger charge is 2.05. The summed E-state index contributed by atoms with van der Waals surface area (Å²) in [6.45, 7) is 2.79. The fourth-order valence-corrected chi connectivity index (χ4v) is 2.66. The van der Waals surface area contributed by atoms with Crippen molar-refractivity contribution in [3.63, 3.8) is 0 Å². The summed E-state index contributed by atoms with van der Waals surface area (Å²) in [5.74, 6) is 1.02. The van der Waals surface area contributed by atoms with Gasteiger partial charge < -0.3 is 4.57 Å². The van der Waals surface area contributed by atoms with Crippen LogP contribution in [-0.2, 0) is 6.54 Å². The van der Waals surface area contributed by atoms with E-state index in [0.717, 1.165) is 23.1 Å². The normalized spacial score (nSPS) is 10.7. The van der Waals surface area contributed by atoms with Crippen LogP contribution in [0.3, 0.4) is 0 Å². The van der Waals surface area contributed by atoms with E-state index in [4.69, 9.17) is 0 Å². The Hall–Kier alpha value is -1.94. The summed E-state index contributed by atoms with van der Waals surface area (Å²) in [5.41, 5.74) is 2.26. The van der Waals surface area contributed by atoms with Crippen molar-refractivity contribution in [2.75, 3.05) is 0 Å². The molecule has 4 heteroatoms. The van der Waals surface area contributed by atoms with Gasteiger partial charge in [0.1, 0.15) is 10.8 Å². The Morgan fingerprint density at radius 2 is 2.06 bits per heavy atom. The Bertz CT molecular complexity index is 640. The zero-order chi connectivity index (χ0) is 12.4. The molecule has 2 heterocycles. The second-order valence-corrected chi connectivity index (χ2v) is 4.97. The SMILES string of the molecule is Cc1nccn1Cc1csc(-c2ccccc2)n1. The third kappa shape index (κ3) is 2.19. The van der Waals surface area contributed by atoms with Crippen LogP contribution < -0.4 is 0 Å². The molecule has 0 bridgehead atoms. The third-order valence-electron chi connectivity index (χ3n) is 2.83. The molecule has 0 N–H and O–H groups in total. The first-order valence-electron chi connectivity index (χ1n) is 5.80. The van der Waals surface area contributed by atoms with E-state index >= 15 is 0 Å².